The third kappa shape index (κ3) is 12.2. The van der Waals surface area contributed by atoms with Crippen molar-refractivity contribution < 1.29 is 37.2 Å². The summed E-state index contributed by atoms with van der Waals surface area (Å²) in [5, 5.41) is 53.3. The van der Waals surface area contributed by atoms with Crippen molar-refractivity contribution in [3.8, 4) is 22.8 Å². The van der Waals surface area contributed by atoms with Gasteiger partial charge in [-0.15, -0.1) is 0 Å². The number of aromatic amines is 2. The number of rotatable bonds is 9. The second kappa shape index (κ2) is 19.5. The minimum atomic E-state index is -1.03. The fourth-order valence-corrected chi connectivity index (χ4v) is 8.00. The molecule has 2 saturated carbocycles. The van der Waals surface area contributed by atoms with Crippen molar-refractivity contribution in [2.24, 2.45) is 35.5 Å². The lowest BCUT2D eigenvalue weighted by Gasteiger charge is -2.37. The van der Waals surface area contributed by atoms with Crippen LogP contribution in [-0.2, 0) is 27.2 Å². The highest BCUT2D eigenvalue weighted by molar-refractivity contribution is 5.72. The summed E-state index contributed by atoms with van der Waals surface area (Å²) in [6.45, 7) is 16.4. The lowest BCUT2D eigenvalue weighted by molar-refractivity contribution is -0.385. The van der Waals surface area contributed by atoms with Gasteiger partial charge < -0.3 is 14.9 Å². The molecule has 0 radical (unpaired) electrons. The fourth-order valence-electron chi connectivity index (χ4n) is 8.00. The summed E-state index contributed by atoms with van der Waals surface area (Å²) in [5.74, 6) is 2.92. The van der Waals surface area contributed by atoms with Crippen LogP contribution in [0.2, 0.25) is 0 Å². The number of benzene rings is 2. The molecule has 0 spiro atoms. The molecule has 2 aromatic carbocycles. The lowest BCUT2D eigenvalue weighted by atomic mass is 9.75. The molecular weight excluding hydrogens is 736 g/mol. The summed E-state index contributed by atoms with van der Waals surface area (Å²) >= 11 is 0. The Morgan fingerprint density at radius 2 is 1.14 bits per heavy atom. The van der Waals surface area contributed by atoms with Crippen molar-refractivity contribution in [1.29, 1.82) is 0 Å². The van der Waals surface area contributed by atoms with Crippen molar-refractivity contribution in [2.75, 3.05) is 0 Å². The molecule has 4 atom stereocenters. The zero-order valence-corrected chi connectivity index (χ0v) is 33.8. The maximum Gasteiger partial charge on any atom is 0.313 e. The van der Waals surface area contributed by atoms with Gasteiger partial charge in [0.05, 0.1) is 16.0 Å². The Labute approximate surface area is 334 Å². The molecule has 0 bridgehead atoms. The molecule has 312 valence electrons. The number of nitro benzene ring substituents is 2. The molecule has 4 aromatic rings. The van der Waals surface area contributed by atoms with Crippen LogP contribution in [0.1, 0.15) is 92.9 Å². The summed E-state index contributed by atoms with van der Waals surface area (Å²) < 4.78 is 5.73. The van der Waals surface area contributed by atoms with E-state index >= 15 is 0 Å². The number of hydrogen-bond acceptors (Lipinski definition) is 12. The number of carbonyl (C=O) groups excluding carboxylic acids is 1. The molecule has 4 N–H and O–H groups in total. The van der Waals surface area contributed by atoms with Gasteiger partial charge in [0.2, 0.25) is 0 Å². The molecule has 0 saturated heterocycles. The number of aromatic nitrogens is 6. The normalized spacial score (nSPS) is 24.2. The predicted molar refractivity (Wildman–Crippen MR) is 215 cm³/mol. The van der Waals surface area contributed by atoms with Crippen LogP contribution >= 0.6 is 0 Å². The zero-order valence-electron chi connectivity index (χ0n) is 33.8. The largest absolute Gasteiger partial charge is 0.481 e. The third-order valence-corrected chi connectivity index (χ3v) is 10.7. The van der Waals surface area contributed by atoms with E-state index in [4.69, 9.17) is 9.84 Å². The number of carboxylic acid groups (broad SMARTS) is 1. The summed E-state index contributed by atoms with van der Waals surface area (Å²) in [4.78, 5) is 52.2. The van der Waals surface area contributed by atoms with Crippen LogP contribution in [0.5, 0.6) is 0 Å². The van der Waals surface area contributed by atoms with E-state index in [1.54, 1.807) is 38.1 Å². The van der Waals surface area contributed by atoms with Crippen LogP contribution in [0.4, 0.5) is 11.4 Å². The Morgan fingerprint density at radius 1 is 0.737 bits per heavy atom. The Morgan fingerprint density at radius 3 is 1.54 bits per heavy atom. The first kappa shape index (κ1) is 44.1. The van der Waals surface area contributed by atoms with Gasteiger partial charge in [-0.25, -0.2) is 9.97 Å². The van der Waals surface area contributed by atoms with Crippen LogP contribution in [0.15, 0.2) is 36.4 Å². The van der Waals surface area contributed by atoms with Crippen LogP contribution in [-0.4, -0.2) is 74.6 Å². The van der Waals surface area contributed by atoms with E-state index in [9.17, 15) is 34.9 Å². The van der Waals surface area contributed by atoms with Gasteiger partial charge in [0.15, 0.2) is 11.6 Å². The first-order chi connectivity index (χ1) is 26.8. The quantitative estimate of drug-likeness (QED) is 0.0720. The molecule has 2 aliphatic carbocycles. The number of aliphatic hydroxyl groups excluding tert-OH is 1. The average Bonchev–Trinajstić information content (AvgIpc) is 3.79. The highest BCUT2D eigenvalue weighted by Crippen LogP contribution is 2.35. The number of carbonyl (C=O) groups is 2. The van der Waals surface area contributed by atoms with Gasteiger partial charge in [0.1, 0.15) is 30.6 Å². The molecule has 17 heteroatoms. The molecule has 2 fully saturated rings. The molecule has 4 unspecified atom stereocenters. The molecule has 17 nitrogen and oxygen atoms in total. The summed E-state index contributed by atoms with van der Waals surface area (Å²) in [6.07, 6.45) is 4.11. The topological polar surface area (TPSA) is 253 Å². The van der Waals surface area contributed by atoms with Crippen molar-refractivity contribution in [2.45, 2.75) is 106 Å². The van der Waals surface area contributed by atoms with E-state index < -0.39 is 15.8 Å². The smallest absolute Gasteiger partial charge is 0.313 e. The number of ether oxygens (including phenoxy) is 1. The number of nitrogens with one attached hydrogen (secondary N) is 2. The van der Waals surface area contributed by atoms with Gasteiger partial charge in [-0.05, 0) is 75.0 Å². The summed E-state index contributed by atoms with van der Waals surface area (Å²) in [7, 11) is 0. The lowest BCUT2D eigenvalue weighted by Crippen LogP contribution is -2.37. The number of aryl methyl sites for hydroxylation is 2. The highest BCUT2D eigenvalue weighted by Gasteiger charge is 2.34. The molecule has 57 heavy (non-hydrogen) atoms. The van der Waals surface area contributed by atoms with E-state index in [1.165, 1.54) is 25.0 Å². The Kier molecular flexibility index (Phi) is 15.1. The number of esters is 1. The van der Waals surface area contributed by atoms with Gasteiger partial charge >= 0.3 is 11.9 Å². The first-order valence-electron chi connectivity index (χ1n) is 19.2. The minimum absolute atomic E-state index is 0. The van der Waals surface area contributed by atoms with Gasteiger partial charge in [-0.3, -0.25) is 40.0 Å². The van der Waals surface area contributed by atoms with E-state index in [-0.39, 0.29) is 56.9 Å². The SMILES string of the molecule is CC1CC(C)C(O)C(C)C1.Cc1ccc(-c2n[nH]c(CC(=O)O)n2)cc1[N+](=O)[O-].Cc1ccc(-c2n[nH]c(CC(=O)OC3C(C)CC(C)CC3C)n2)cc1[N+](=O)[O-].[HH].[HH]. The number of hydrogen-bond donors (Lipinski definition) is 4. The van der Waals surface area contributed by atoms with E-state index in [1.807, 2.05) is 0 Å². The number of H-pyrrole nitrogens is 2. The summed E-state index contributed by atoms with van der Waals surface area (Å²) in [6, 6.07) is 9.43. The fraction of sp³-hybridized carbons (Fsp3) is 0.550. The predicted octanol–water partition coefficient (Wildman–Crippen LogP) is 7.70. The van der Waals surface area contributed by atoms with Gasteiger partial charge in [-0.1, -0.05) is 65.8 Å². The average molecular weight is 795 g/mol. The Balaban J connectivity index is 0.000000334. The van der Waals surface area contributed by atoms with E-state index in [0.717, 1.165) is 18.8 Å². The molecule has 0 amide bonds. The maximum absolute atomic E-state index is 12.4. The number of nitrogens with zero attached hydrogens (tertiary/aromatic N) is 6. The number of aliphatic carboxylic acids is 1. The molecule has 0 aliphatic heterocycles. The number of aliphatic hydroxyl groups is 1. The number of carboxylic acids is 1. The van der Waals surface area contributed by atoms with Crippen LogP contribution in [0, 0.1) is 69.6 Å². The van der Waals surface area contributed by atoms with Gasteiger partial charge in [0, 0.05) is 37.2 Å². The minimum Gasteiger partial charge on any atom is -0.481 e. The van der Waals surface area contributed by atoms with E-state index in [2.05, 4.69) is 71.9 Å². The zero-order chi connectivity index (χ0) is 42.1. The first-order valence-corrected chi connectivity index (χ1v) is 19.2. The second-order valence-electron chi connectivity index (χ2n) is 16.0. The van der Waals surface area contributed by atoms with Crippen molar-refractivity contribution in [1.82, 2.24) is 30.4 Å². The third-order valence-electron chi connectivity index (χ3n) is 10.7. The van der Waals surface area contributed by atoms with Crippen LogP contribution in [0.25, 0.3) is 22.8 Å². The van der Waals surface area contributed by atoms with Crippen molar-refractivity contribution >= 4 is 23.3 Å². The monoisotopic (exact) mass is 794 g/mol. The molecule has 2 heterocycles. The Bertz CT molecular complexity index is 2020. The molecule has 2 aromatic heterocycles. The van der Waals surface area contributed by atoms with Crippen molar-refractivity contribution in [3.63, 3.8) is 0 Å². The number of nitro groups is 2. The van der Waals surface area contributed by atoms with Crippen molar-refractivity contribution in [3.05, 3.63) is 79.4 Å². The van der Waals surface area contributed by atoms with Gasteiger partial charge in [-0.2, -0.15) is 10.2 Å². The highest BCUT2D eigenvalue weighted by atomic mass is 16.6. The molecular formula is C40H58N8O9. The second-order valence-corrected chi connectivity index (χ2v) is 16.0. The molecule has 2 aliphatic rings. The maximum atomic E-state index is 12.4. The van der Waals surface area contributed by atoms with E-state index in [0.29, 0.717) is 63.5 Å². The Hall–Kier alpha value is -5.58. The van der Waals surface area contributed by atoms with Gasteiger partial charge in [0.25, 0.3) is 11.4 Å². The van der Waals surface area contributed by atoms with Crippen LogP contribution < -0.4 is 0 Å². The van der Waals surface area contributed by atoms with Crippen LogP contribution in [0.3, 0.4) is 0 Å². The summed E-state index contributed by atoms with van der Waals surface area (Å²) in [5.41, 5.74) is 2.08. The molecule has 6 rings (SSSR count). The standard InChI is InChI=1S/C20H26N4O4.C11H10N4O4.C9H18O.2H2/c1-11-7-13(3)19(14(4)8-11)28-18(25)10-17-21-20(23-22-17)15-6-5-12(2)16(9-15)24(26)27;1-6-2-3-7(4-8(6)15(18)19)11-12-9(13-14-11)5-10(16)17;1-6-4-7(2)9(10)8(3)5-6;;/h5-6,9,11,13-14,19H,7-8,10H2,1-4H3,(H,21,22,23);2-4H,5H2,1H3,(H,16,17)(H,12,13,14);6-10H,4-5H2,1-3H3;2*1H.